The SMILES string of the molecule is [C-]#[N+]C(C)(C)Cc1cc[n+](C)c2c1Oc1cc(CC(C)(C)C)cc3cc(C)c(C)c-2c13. The largest absolute Gasteiger partial charge is 0.449 e. The van der Waals surface area contributed by atoms with Crippen LogP contribution in [0, 0.1) is 25.8 Å². The highest BCUT2D eigenvalue weighted by Gasteiger charge is 2.35. The predicted octanol–water partition coefficient (Wildman–Crippen LogP) is 6.88. The summed E-state index contributed by atoms with van der Waals surface area (Å²) in [4.78, 5) is 3.84. The lowest BCUT2D eigenvalue weighted by molar-refractivity contribution is -0.660. The van der Waals surface area contributed by atoms with Crippen LogP contribution >= 0.6 is 0 Å². The van der Waals surface area contributed by atoms with Gasteiger partial charge in [0.1, 0.15) is 12.8 Å². The summed E-state index contributed by atoms with van der Waals surface area (Å²) in [7, 11) is 2.08. The van der Waals surface area contributed by atoms with E-state index in [0.29, 0.717) is 6.42 Å². The van der Waals surface area contributed by atoms with Crippen LogP contribution in [0.4, 0.5) is 0 Å². The summed E-state index contributed by atoms with van der Waals surface area (Å²) >= 11 is 0. The minimum Gasteiger partial charge on any atom is -0.449 e. The molecule has 2 aromatic carbocycles. The summed E-state index contributed by atoms with van der Waals surface area (Å²) in [5.41, 5.74) is 7.08. The Hall–Kier alpha value is -2.86. The first-order valence-corrected chi connectivity index (χ1v) is 11.1. The van der Waals surface area contributed by atoms with Crippen LogP contribution in [0.25, 0.3) is 26.9 Å². The standard InChI is InChI=1S/C28H33N2O/c1-17-12-21-13-19(15-27(3,4)5)14-22-24(21)23(18(17)2)25-26(31-22)20(10-11-30(25)9)16-28(6,7)29-8/h10-14H,15-16H2,1-7,9H3/q+1. The van der Waals surface area contributed by atoms with Gasteiger partial charge in [0, 0.05) is 30.9 Å². The number of fused-ring (bicyclic) bond motifs is 2. The molecular weight excluding hydrogens is 380 g/mol. The van der Waals surface area contributed by atoms with Crippen LogP contribution in [-0.4, -0.2) is 5.54 Å². The molecule has 1 aromatic heterocycles. The fourth-order valence-electron chi connectivity index (χ4n) is 4.72. The number of hydrogen-bond acceptors (Lipinski definition) is 1. The van der Waals surface area contributed by atoms with E-state index in [1.54, 1.807) is 0 Å². The zero-order chi connectivity index (χ0) is 22.7. The molecule has 0 atom stereocenters. The summed E-state index contributed by atoms with van der Waals surface area (Å²) in [5, 5.41) is 2.44. The monoisotopic (exact) mass is 413 g/mol. The Morgan fingerprint density at radius 1 is 1.03 bits per heavy atom. The summed E-state index contributed by atoms with van der Waals surface area (Å²) in [5.74, 6) is 1.84. The van der Waals surface area contributed by atoms with Gasteiger partial charge in [-0.05, 0) is 53.8 Å². The highest BCUT2D eigenvalue weighted by molar-refractivity contribution is 6.05. The quantitative estimate of drug-likeness (QED) is 0.264. The van der Waals surface area contributed by atoms with E-state index in [-0.39, 0.29) is 5.41 Å². The Kier molecular flexibility index (Phi) is 4.89. The molecule has 0 aliphatic carbocycles. The van der Waals surface area contributed by atoms with Crippen molar-refractivity contribution in [3.05, 3.63) is 64.1 Å². The number of rotatable bonds is 3. The molecule has 0 spiro atoms. The summed E-state index contributed by atoms with van der Waals surface area (Å²) in [6, 6.07) is 8.97. The van der Waals surface area contributed by atoms with Crippen LogP contribution in [0.2, 0.25) is 0 Å². The number of nitrogens with zero attached hydrogens (tertiary/aromatic N) is 2. The Morgan fingerprint density at radius 3 is 2.39 bits per heavy atom. The van der Waals surface area contributed by atoms with Crippen LogP contribution in [0.15, 0.2) is 30.5 Å². The minimum absolute atomic E-state index is 0.201. The van der Waals surface area contributed by atoms with Crippen molar-refractivity contribution < 1.29 is 9.30 Å². The van der Waals surface area contributed by atoms with Crippen LogP contribution in [0.5, 0.6) is 11.5 Å². The first kappa shape index (κ1) is 21.4. The van der Waals surface area contributed by atoms with E-state index >= 15 is 0 Å². The van der Waals surface area contributed by atoms with E-state index in [1.807, 2.05) is 13.8 Å². The lowest BCUT2D eigenvalue weighted by Gasteiger charge is -2.26. The zero-order valence-electron chi connectivity index (χ0n) is 20.1. The van der Waals surface area contributed by atoms with Gasteiger partial charge in [-0.25, -0.2) is 6.57 Å². The Labute approximate surface area is 186 Å². The van der Waals surface area contributed by atoms with Crippen LogP contribution < -0.4 is 9.30 Å². The molecule has 0 amide bonds. The molecule has 0 fully saturated rings. The average molecular weight is 414 g/mol. The molecular formula is C28H33N2O+. The van der Waals surface area contributed by atoms with Crippen molar-refractivity contribution in [2.45, 2.75) is 66.8 Å². The van der Waals surface area contributed by atoms with Crippen molar-refractivity contribution in [3.63, 3.8) is 0 Å². The molecule has 0 radical (unpaired) electrons. The normalized spacial score (nSPS) is 13.0. The fourth-order valence-corrected chi connectivity index (χ4v) is 4.72. The van der Waals surface area contributed by atoms with Crippen molar-refractivity contribution in [1.29, 1.82) is 0 Å². The van der Waals surface area contributed by atoms with E-state index < -0.39 is 5.54 Å². The number of pyridine rings is 1. The average Bonchev–Trinajstić information content (AvgIpc) is 2.66. The molecule has 0 unspecified atom stereocenters. The van der Waals surface area contributed by atoms with Gasteiger partial charge in [-0.1, -0.05) is 32.9 Å². The first-order valence-electron chi connectivity index (χ1n) is 11.1. The third-order valence-corrected chi connectivity index (χ3v) is 6.25. The first-order chi connectivity index (χ1) is 14.4. The van der Waals surface area contributed by atoms with Crippen molar-refractivity contribution in [3.8, 4) is 22.8 Å². The van der Waals surface area contributed by atoms with Gasteiger partial charge >= 0.3 is 0 Å². The smallest absolute Gasteiger partial charge is 0.256 e. The molecule has 1 aliphatic heterocycles. The van der Waals surface area contributed by atoms with Crippen molar-refractivity contribution in [2.24, 2.45) is 12.5 Å². The summed E-state index contributed by atoms with van der Waals surface area (Å²) < 4.78 is 8.84. The van der Waals surface area contributed by atoms with Gasteiger partial charge in [0.25, 0.3) is 5.69 Å². The second kappa shape index (κ2) is 7.09. The van der Waals surface area contributed by atoms with Crippen LogP contribution in [0.1, 0.15) is 56.9 Å². The fraction of sp³-hybridized carbons (Fsp3) is 0.429. The maximum Gasteiger partial charge on any atom is 0.256 e. The molecule has 2 heterocycles. The Balaban J connectivity index is 2.03. The summed E-state index contributed by atoms with van der Waals surface area (Å²) in [6.45, 7) is 22.8. The maximum absolute atomic E-state index is 7.60. The molecule has 160 valence electrons. The van der Waals surface area contributed by atoms with Gasteiger partial charge in [-0.3, -0.25) is 0 Å². The highest BCUT2D eigenvalue weighted by atomic mass is 16.5. The number of benzene rings is 2. The van der Waals surface area contributed by atoms with Gasteiger partial charge < -0.3 is 9.58 Å². The number of hydrogen-bond donors (Lipinski definition) is 0. The van der Waals surface area contributed by atoms with E-state index in [2.05, 4.69) is 81.5 Å². The second-order valence-corrected chi connectivity index (χ2v) is 11.0. The maximum atomic E-state index is 7.60. The Bertz CT molecular complexity index is 1250. The third kappa shape index (κ3) is 3.81. The van der Waals surface area contributed by atoms with Gasteiger partial charge in [0.05, 0.1) is 12.0 Å². The third-order valence-electron chi connectivity index (χ3n) is 6.25. The number of ether oxygens (including phenoxy) is 1. The minimum atomic E-state index is -0.470. The predicted molar refractivity (Wildman–Crippen MR) is 128 cm³/mol. The van der Waals surface area contributed by atoms with Crippen LogP contribution in [0.3, 0.4) is 0 Å². The van der Waals surface area contributed by atoms with E-state index in [1.165, 1.54) is 33.0 Å². The van der Waals surface area contributed by atoms with Gasteiger partial charge in [-0.15, -0.1) is 0 Å². The molecule has 3 aromatic rings. The molecule has 31 heavy (non-hydrogen) atoms. The Morgan fingerprint density at radius 2 is 1.74 bits per heavy atom. The molecule has 3 nitrogen and oxygen atoms in total. The summed E-state index contributed by atoms with van der Waals surface area (Å²) in [6.07, 6.45) is 3.75. The molecule has 1 aliphatic rings. The number of aromatic nitrogens is 1. The highest BCUT2D eigenvalue weighted by Crippen LogP contribution is 2.49. The van der Waals surface area contributed by atoms with Crippen molar-refractivity contribution in [1.82, 2.24) is 0 Å². The van der Waals surface area contributed by atoms with E-state index in [0.717, 1.165) is 29.2 Å². The topological polar surface area (TPSA) is 17.5 Å². The lowest BCUT2D eigenvalue weighted by Crippen LogP contribution is -2.33. The molecule has 0 saturated carbocycles. The van der Waals surface area contributed by atoms with Crippen LogP contribution in [-0.2, 0) is 19.9 Å². The van der Waals surface area contributed by atoms with Gasteiger partial charge in [-0.2, -0.15) is 4.57 Å². The second-order valence-electron chi connectivity index (χ2n) is 11.0. The zero-order valence-corrected chi connectivity index (χ0v) is 20.1. The van der Waals surface area contributed by atoms with Crippen molar-refractivity contribution in [2.75, 3.05) is 0 Å². The van der Waals surface area contributed by atoms with Gasteiger partial charge in [0.2, 0.25) is 11.3 Å². The molecule has 3 heteroatoms. The van der Waals surface area contributed by atoms with E-state index in [4.69, 9.17) is 11.3 Å². The molecule has 4 rings (SSSR count). The lowest BCUT2D eigenvalue weighted by atomic mass is 9.84. The van der Waals surface area contributed by atoms with Crippen molar-refractivity contribution >= 4 is 10.8 Å². The molecule has 0 bridgehead atoms. The molecule has 0 N–H and O–H groups in total. The number of aryl methyl sites for hydroxylation is 2. The van der Waals surface area contributed by atoms with E-state index in [9.17, 15) is 0 Å². The molecule has 0 saturated heterocycles. The van der Waals surface area contributed by atoms with Gasteiger partial charge in [0.15, 0.2) is 6.20 Å².